The SMILES string of the molecule is CC(C)SC1(C=O)CC(=O)N(C)C1. The highest BCUT2D eigenvalue weighted by molar-refractivity contribution is 8.01. The summed E-state index contributed by atoms with van der Waals surface area (Å²) in [5.74, 6) is 0.0697. The Morgan fingerprint density at radius 2 is 2.23 bits per heavy atom. The standard InChI is InChI=1S/C9H15NO2S/c1-7(2)13-9(6-11)4-8(12)10(3)5-9/h6-7H,4-5H2,1-3H3. The second-order valence-corrected chi connectivity index (χ2v) is 5.77. The average Bonchev–Trinajstić information content (AvgIpc) is 2.27. The first-order valence-electron chi connectivity index (χ1n) is 4.37. The largest absolute Gasteiger partial charge is 0.344 e. The number of carbonyl (C=O) groups excluding carboxylic acids is 2. The van der Waals surface area contributed by atoms with Gasteiger partial charge in [-0.3, -0.25) is 4.79 Å². The summed E-state index contributed by atoms with van der Waals surface area (Å²) in [7, 11) is 1.74. The lowest BCUT2D eigenvalue weighted by atomic mass is 10.1. The van der Waals surface area contributed by atoms with Crippen molar-refractivity contribution < 1.29 is 9.59 Å². The molecule has 1 fully saturated rings. The van der Waals surface area contributed by atoms with Crippen LogP contribution in [0.5, 0.6) is 0 Å². The summed E-state index contributed by atoms with van der Waals surface area (Å²) in [4.78, 5) is 23.9. The van der Waals surface area contributed by atoms with Crippen molar-refractivity contribution in [2.24, 2.45) is 0 Å². The summed E-state index contributed by atoms with van der Waals surface area (Å²) < 4.78 is -0.486. The summed E-state index contributed by atoms with van der Waals surface area (Å²) in [6.45, 7) is 4.63. The van der Waals surface area contributed by atoms with Crippen LogP contribution in [0.3, 0.4) is 0 Å². The minimum atomic E-state index is -0.486. The maximum atomic E-state index is 11.3. The molecule has 0 bridgehead atoms. The van der Waals surface area contributed by atoms with Crippen molar-refractivity contribution in [3.05, 3.63) is 0 Å². The molecule has 0 saturated carbocycles. The van der Waals surface area contributed by atoms with Gasteiger partial charge in [0.05, 0.1) is 4.75 Å². The molecule has 0 aliphatic carbocycles. The molecule has 0 radical (unpaired) electrons. The molecule has 0 spiro atoms. The van der Waals surface area contributed by atoms with Crippen LogP contribution in [0.25, 0.3) is 0 Å². The number of hydrogen-bond donors (Lipinski definition) is 0. The molecule has 1 aliphatic rings. The van der Waals surface area contributed by atoms with Crippen LogP contribution in [-0.4, -0.2) is 40.7 Å². The number of aldehydes is 1. The van der Waals surface area contributed by atoms with Crippen molar-refractivity contribution in [3.8, 4) is 0 Å². The third-order valence-corrected chi connectivity index (χ3v) is 3.38. The van der Waals surface area contributed by atoms with Crippen molar-refractivity contribution in [2.75, 3.05) is 13.6 Å². The van der Waals surface area contributed by atoms with Crippen LogP contribution in [0.15, 0.2) is 0 Å². The number of amides is 1. The molecule has 3 nitrogen and oxygen atoms in total. The first kappa shape index (κ1) is 10.6. The van der Waals surface area contributed by atoms with Crippen LogP contribution >= 0.6 is 11.8 Å². The lowest BCUT2D eigenvalue weighted by Gasteiger charge is -2.22. The number of carbonyl (C=O) groups is 2. The molecule has 0 N–H and O–H groups in total. The molecule has 1 rings (SSSR count). The van der Waals surface area contributed by atoms with E-state index in [1.807, 2.05) is 13.8 Å². The molecule has 1 unspecified atom stereocenters. The zero-order chi connectivity index (χ0) is 10.1. The molecule has 1 atom stereocenters. The van der Waals surface area contributed by atoms with E-state index in [0.717, 1.165) is 6.29 Å². The van der Waals surface area contributed by atoms with Crippen LogP contribution < -0.4 is 0 Å². The summed E-state index contributed by atoms with van der Waals surface area (Å²) in [5, 5.41) is 0.379. The fraction of sp³-hybridized carbons (Fsp3) is 0.778. The van der Waals surface area contributed by atoms with E-state index in [4.69, 9.17) is 0 Å². The molecule has 1 heterocycles. The Kier molecular flexibility index (Phi) is 3.01. The minimum absolute atomic E-state index is 0.0697. The van der Waals surface area contributed by atoms with Gasteiger partial charge in [0.2, 0.25) is 5.91 Å². The van der Waals surface area contributed by atoms with Crippen LogP contribution in [0.4, 0.5) is 0 Å². The molecule has 1 aliphatic heterocycles. The Morgan fingerprint density at radius 3 is 2.54 bits per heavy atom. The van der Waals surface area contributed by atoms with Crippen LogP contribution in [-0.2, 0) is 9.59 Å². The molecule has 13 heavy (non-hydrogen) atoms. The molecule has 74 valence electrons. The minimum Gasteiger partial charge on any atom is -0.344 e. The molecule has 4 heteroatoms. The van der Waals surface area contributed by atoms with Gasteiger partial charge in [0.15, 0.2) is 0 Å². The highest BCUT2D eigenvalue weighted by Gasteiger charge is 2.42. The van der Waals surface area contributed by atoms with Gasteiger partial charge < -0.3 is 9.69 Å². The molecular weight excluding hydrogens is 186 g/mol. The predicted octanol–water partition coefficient (Wildman–Crippen LogP) is 0.928. The second kappa shape index (κ2) is 3.70. The van der Waals surface area contributed by atoms with E-state index in [2.05, 4.69) is 0 Å². The van der Waals surface area contributed by atoms with Gasteiger partial charge in [0, 0.05) is 25.3 Å². The van der Waals surface area contributed by atoms with E-state index < -0.39 is 4.75 Å². The lowest BCUT2D eigenvalue weighted by molar-refractivity contribution is -0.126. The van der Waals surface area contributed by atoms with E-state index in [0.29, 0.717) is 18.2 Å². The zero-order valence-electron chi connectivity index (χ0n) is 8.24. The fourth-order valence-electron chi connectivity index (χ4n) is 1.59. The van der Waals surface area contributed by atoms with Crippen LogP contribution in [0.2, 0.25) is 0 Å². The van der Waals surface area contributed by atoms with Gasteiger partial charge in [-0.15, -0.1) is 11.8 Å². The zero-order valence-corrected chi connectivity index (χ0v) is 9.06. The van der Waals surface area contributed by atoms with Crippen molar-refractivity contribution in [2.45, 2.75) is 30.3 Å². The van der Waals surface area contributed by atoms with Gasteiger partial charge in [-0.25, -0.2) is 0 Å². The van der Waals surface area contributed by atoms with Gasteiger partial charge in [0.1, 0.15) is 6.29 Å². The number of hydrogen-bond acceptors (Lipinski definition) is 3. The number of nitrogens with zero attached hydrogens (tertiary/aromatic N) is 1. The van der Waals surface area contributed by atoms with Gasteiger partial charge in [-0.1, -0.05) is 13.8 Å². The van der Waals surface area contributed by atoms with Gasteiger partial charge in [-0.05, 0) is 0 Å². The monoisotopic (exact) mass is 201 g/mol. The lowest BCUT2D eigenvalue weighted by Crippen LogP contribution is -2.31. The van der Waals surface area contributed by atoms with Crippen molar-refractivity contribution >= 4 is 24.0 Å². The highest BCUT2D eigenvalue weighted by Crippen LogP contribution is 2.36. The molecule has 0 aromatic rings. The Morgan fingerprint density at radius 1 is 1.62 bits per heavy atom. The summed E-state index contributed by atoms with van der Waals surface area (Å²) in [5.41, 5.74) is 0. The highest BCUT2D eigenvalue weighted by atomic mass is 32.2. The molecule has 1 amide bonds. The quantitative estimate of drug-likeness (QED) is 0.637. The van der Waals surface area contributed by atoms with Crippen molar-refractivity contribution in [3.63, 3.8) is 0 Å². The van der Waals surface area contributed by atoms with Crippen molar-refractivity contribution in [1.29, 1.82) is 0 Å². The van der Waals surface area contributed by atoms with Crippen molar-refractivity contribution in [1.82, 2.24) is 4.90 Å². The maximum absolute atomic E-state index is 11.3. The third-order valence-electron chi connectivity index (χ3n) is 2.07. The van der Waals surface area contributed by atoms with Gasteiger partial charge in [0.25, 0.3) is 0 Å². The Labute approximate surface area is 82.9 Å². The Hall–Kier alpha value is -0.510. The number of rotatable bonds is 3. The Balaban J connectivity index is 2.73. The third kappa shape index (κ3) is 2.24. The smallest absolute Gasteiger partial charge is 0.224 e. The van der Waals surface area contributed by atoms with Crippen LogP contribution in [0.1, 0.15) is 20.3 Å². The maximum Gasteiger partial charge on any atom is 0.224 e. The molecule has 0 aromatic heterocycles. The molecule has 1 saturated heterocycles. The summed E-state index contributed by atoms with van der Waals surface area (Å²) >= 11 is 1.59. The second-order valence-electron chi connectivity index (χ2n) is 3.78. The Bertz CT molecular complexity index is 230. The molecular formula is C9H15NO2S. The van der Waals surface area contributed by atoms with E-state index in [1.54, 1.807) is 23.7 Å². The molecule has 0 aromatic carbocycles. The van der Waals surface area contributed by atoms with Gasteiger partial charge >= 0.3 is 0 Å². The summed E-state index contributed by atoms with van der Waals surface area (Å²) in [6.07, 6.45) is 1.29. The van der Waals surface area contributed by atoms with E-state index in [-0.39, 0.29) is 5.91 Å². The van der Waals surface area contributed by atoms with Crippen LogP contribution in [0, 0.1) is 0 Å². The average molecular weight is 201 g/mol. The predicted molar refractivity (Wildman–Crippen MR) is 53.8 cm³/mol. The number of likely N-dealkylation sites (tertiary alicyclic amines) is 1. The first-order chi connectivity index (χ1) is 5.99. The number of thioether (sulfide) groups is 1. The first-order valence-corrected chi connectivity index (χ1v) is 5.25. The van der Waals surface area contributed by atoms with E-state index >= 15 is 0 Å². The summed E-state index contributed by atoms with van der Waals surface area (Å²) in [6, 6.07) is 0. The van der Waals surface area contributed by atoms with Gasteiger partial charge in [-0.2, -0.15) is 0 Å². The van der Waals surface area contributed by atoms with E-state index in [1.165, 1.54) is 0 Å². The topological polar surface area (TPSA) is 37.4 Å². The fourth-order valence-corrected chi connectivity index (χ4v) is 3.06. The normalized spacial score (nSPS) is 28.6. The van der Waals surface area contributed by atoms with E-state index in [9.17, 15) is 9.59 Å².